The van der Waals surface area contributed by atoms with Crippen LogP contribution in [0.15, 0.2) is 54.6 Å². The van der Waals surface area contributed by atoms with Gasteiger partial charge in [0, 0.05) is 6.04 Å². The van der Waals surface area contributed by atoms with E-state index in [4.69, 9.17) is 0 Å². The molecule has 0 saturated heterocycles. The maximum absolute atomic E-state index is 9.49. The molecular formula is C21H27NO. The molecule has 0 heterocycles. The van der Waals surface area contributed by atoms with Gasteiger partial charge in [-0.1, -0.05) is 55.3 Å². The zero-order valence-electron chi connectivity index (χ0n) is 13.7. The molecule has 0 bridgehead atoms. The maximum atomic E-state index is 9.49. The van der Waals surface area contributed by atoms with E-state index < -0.39 is 0 Å². The summed E-state index contributed by atoms with van der Waals surface area (Å²) in [6.45, 7) is 1.08. The van der Waals surface area contributed by atoms with E-state index in [1.54, 1.807) is 0 Å². The molecule has 0 radical (unpaired) electrons. The van der Waals surface area contributed by atoms with E-state index in [9.17, 15) is 5.11 Å². The quantitative estimate of drug-likeness (QED) is 0.762. The highest BCUT2D eigenvalue weighted by molar-refractivity contribution is 5.29. The number of phenolic OH excluding ortho intramolecular Hbond substituents is 1. The van der Waals surface area contributed by atoms with Crippen molar-refractivity contribution in [1.82, 2.24) is 5.32 Å². The summed E-state index contributed by atoms with van der Waals surface area (Å²) >= 11 is 0. The van der Waals surface area contributed by atoms with Crippen molar-refractivity contribution in [2.75, 3.05) is 6.54 Å². The van der Waals surface area contributed by atoms with Crippen molar-refractivity contribution < 1.29 is 5.11 Å². The lowest BCUT2D eigenvalue weighted by molar-refractivity contribution is 0.326. The molecule has 0 aromatic heterocycles. The Morgan fingerprint density at radius 3 is 2.43 bits per heavy atom. The van der Waals surface area contributed by atoms with Gasteiger partial charge in [-0.05, 0) is 61.4 Å². The SMILES string of the molecule is Oc1ccc(C2CCCCC2NCCCc2ccccc2)cc1. The molecule has 2 atom stereocenters. The molecule has 23 heavy (non-hydrogen) atoms. The molecule has 2 N–H and O–H groups in total. The van der Waals surface area contributed by atoms with E-state index in [1.807, 2.05) is 12.1 Å². The zero-order chi connectivity index (χ0) is 15.9. The molecule has 0 amide bonds. The molecule has 3 rings (SSSR count). The lowest BCUT2D eigenvalue weighted by Gasteiger charge is -2.33. The Morgan fingerprint density at radius 1 is 0.913 bits per heavy atom. The normalized spacial score (nSPS) is 21.2. The molecule has 1 fully saturated rings. The zero-order valence-corrected chi connectivity index (χ0v) is 13.7. The Bertz CT molecular complexity index is 579. The van der Waals surface area contributed by atoms with Crippen molar-refractivity contribution >= 4 is 0 Å². The Balaban J connectivity index is 1.51. The van der Waals surface area contributed by atoms with Crippen LogP contribution in [0.1, 0.15) is 49.1 Å². The molecule has 0 spiro atoms. The lowest BCUT2D eigenvalue weighted by atomic mass is 9.80. The molecule has 122 valence electrons. The number of aryl methyl sites for hydroxylation is 1. The van der Waals surface area contributed by atoms with Crippen molar-refractivity contribution in [1.29, 1.82) is 0 Å². The first kappa shape index (κ1) is 16.1. The molecule has 2 heteroatoms. The first-order chi connectivity index (χ1) is 11.3. The van der Waals surface area contributed by atoms with Gasteiger partial charge in [0.1, 0.15) is 5.75 Å². The molecule has 2 nitrogen and oxygen atoms in total. The van der Waals surface area contributed by atoms with Gasteiger partial charge in [-0.15, -0.1) is 0 Å². The monoisotopic (exact) mass is 309 g/mol. The van der Waals surface area contributed by atoms with Gasteiger partial charge in [-0.25, -0.2) is 0 Å². The lowest BCUT2D eigenvalue weighted by Crippen LogP contribution is -2.37. The molecular weight excluding hydrogens is 282 g/mol. The van der Waals surface area contributed by atoms with Crippen molar-refractivity contribution in [3.8, 4) is 5.75 Å². The molecule has 1 aliphatic carbocycles. The standard InChI is InChI=1S/C21H27NO/c23-19-14-12-18(13-15-19)20-10-4-5-11-21(20)22-16-6-9-17-7-2-1-3-8-17/h1-3,7-8,12-15,20-23H,4-6,9-11,16H2. The minimum atomic E-state index is 0.358. The smallest absolute Gasteiger partial charge is 0.115 e. The number of phenols is 1. The van der Waals surface area contributed by atoms with Crippen molar-refractivity contribution in [2.24, 2.45) is 0 Å². The van der Waals surface area contributed by atoms with Crippen molar-refractivity contribution in [3.05, 3.63) is 65.7 Å². The van der Waals surface area contributed by atoms with Crippen LogP contribution in [0.3, 0.4) is 0 Å². The number of benzene rings is 2. The van der Waals surface area contributed by atoms with Gasteiger partial charge in [0.25, 0.3) is 0 Å². The third kappa shape index (κ3) is 4.59. The molecule has 2 aromatic rings. The van der Waals surface area contributed by atoms with Gasteiger partial charge in [0.05, 0.1) is 0 Å². The summed E-state index contributed by atoms with van der Waals surface area (Å²) in [5.74, 6) is 0.943. The van der Waals surface area contributed by atoms with Gasteiger partial charge in [0.2, 0.25) is 0 Å². The van der Waals surface area contributed by atoms with Crippen molar-refractivity contribution in [2.45, 2.75) is 50.5 Å². The fourth-order valence-corrected chi connectivity index (χ4v) is 3.72. The number of aromatic hydroxyl groups is 1. The summed E-state index contributed by atoms with van der Waals surface area (Å²) in [5.41, 5.74) is 2.79. The largest absolute Gasteiger partial charge is 0.508 e. The van der Waals surface area contributed by atoms with Crippen LogP contribution in [0, 0.1) is 0 Å². The van der Waals surface area contributed by atoms with Crippen molar-refractivity contribution in [3.63, 3.8) is 0 Å². The van der Waals surface area contributed by atoms with Crippen LogP contribution in [-0.2, 0) is 6.42 Å². The minimum Gasteiger partial charge on any atom is -0.508 e. The molecule has 2 aromatic carbocycles. The summed E-state index contributed by atoms with van der Waals surface area (Å²) in [7, 11) is 0. The second-order valence-electron chi connectivity index (χ2n) is 6.63. The van der Waals surface area contributed by atoms with Crippen LogP contribution in [0.4, 0.5) is 0 Å². The van der Waals surface area contributed by atoms with E-state index >= 15 is 0 Å². The predicted molar refractivity (Wildman–Crippen MR) is 95.9 cm³/mol. The average Bonchev–Trinajstić information content (AvgIpc) is 2.61. The highest BCUT2D eigenvalue weighted by atomic mass is 16.3. The highest BCUT2D eigenvalue weighted by Gasteiger charge is 2.25. The van der Waals surface area contributed by atoms with Crippen LogP contribution in [0.2, 0.25) is 0 Å². The van der Waals surface area contributed by atoms with Crippen LogP contribution < -0.4 is 5.32 Å². The van der Waals surface area contributed by atoms with E-state index in [-0.39, 0.29) is 0 Å². The molecule has 2 unspecified atom stereocenters. The predicted octanol–water partition coefficient (Wildman–Crippen LogP) is 4.64. The second-order valence-corrected chi connectivity index (χ2v) is 6.63. The van der Waals surface area contributed by atoms with E-state index in [2.05, 4.69) is 47.8 Å². The topological polar surface area (TPSA) is 32.3 Å². The van der Waals surface area contributed by atoms with Gasteiger partial charge >= 0.3 is 0 Å². The van der Waals surface area contributed by atoms with E-state index in [0.717, 1.165) is 13.0 Å². The molecule has 1 saturated carbocycles. The first-order valence-electron chi connectivity index (χ1n) is 8.89. The summed E-state index contributed by atoms with van der Waals surface area (Å²) in [4.78, 5) is 0. The van der Waals surface area contributed by atoms with Crippen LogP contribution in [0.5, 0.6) is 5.75 Å². The Kier molecular flexibility index (Phi) is 5.71. The minimum absolute atomic E-state index is 0.358. The summed E-state index contributed by atoms with van der Waals surface area (Å²) in [6.07, 6.45) is 7.48. The summed E-state index contributed by atoms with van der Waals surface area (Å²) in [5, 5.41) is 13.3. The van der Waals surface area contributed by atoms with Gasteiger partial charge in [-0.3, -0.25) is 0 Å². The number of hydrogen-bond donors (Lipinski definition) is 2. The Morgan fingerprint density at radius 2 is 1.65 bits per heavy atom. The van der Waals surface area contributed by atoms with Gasteiger partial charge in [0.15, 0.2) is 0 Å². The first-order valence-corrected chi connectivity index (χ1v) is 8.89. The fraction of sp³-hybridized carbons (Fsp3) is 0.429. The second kappa shape index (κ2) is 8.16. The average molecular weight is 309 g/mol. The Labute approximate surface area is 139 Å². The maximum Gasteiger partial charge on any atom is 0.115 e. The summed E-state index contributed by atoms with van der Waals surface area (Å²) < 4.78 is 0. The van der Waals surface area contributed by atoms with Crippen LogP contribution in [0.25, 0.3) is 0 Å². The third-order valence-electron chi connectivity index (χ3n) is 4.98. The number of hydrogen-bond acceptors (Lipinski definition) is 2. The number of nitrogens with one attached hydrogen (secondary N) is 1. The van der Waals surface area contributed by atoms with E-state index in [0.29, 0.717) is 17.7 Å². The molecule has 1 aliphatic rings. The van der Waals surface area contributed by atoms with E-state index in [1.165, 1.54) is 43.2 Å². The molecule has 0 aliphatic heterocycles. The van der Waals surface area contributed by atoms with Gasteiger partial charge < -0.3 is 10.4 Å². The van der Waals surface area contributed by atoms with Crippen LogP contribution in [-0.4, -0.2) is 17.7 Å². The highest BCUT2D eigenvalue weighted by Crippen LogP contribution is 2.33. The van der Waals surface area contributed by atoms with Gasteiger partial charge in [-0.2, -0.15) is 0 Å². The van der Waals surface area contributed by atoms with Crippen LogP contribution >= 0.6 is 0 Å². The fourth-order valence-electron chi connectivity index (χ4n) is 3.72. The Hall–Kier alpha value is -1.80. The number of rotatable bonds is 6. The third-order valence-corrected chi connectivity index (χ3v) is 4.98. The summed E-state index contributed by atoms with van der Waals surface area (Å²) in [6, 6.07) is 19.1.